The van der Waals surface area contributed by atoms with Gasteiger partial charge in [0, 0.05) is 37.3 Å². The zero-order valence-corrected chi connectivity index (χ0v) is 19.6. The first-order chi connectivity index (χ1) is 15.1. The molecule has 12 heteroatoms. The molecule has 170 valence electrons. The zero-order chi connectivity index (χ0) is 23.3. The van der Waals surface area contributed by atoms with Crippen molar-refractivity contribution in [1.29, 1.82) is 0 Å². The van der Waals surface area contributed by atoms with Gasteiger partial charge in [-0.05, 0) is 33.8 Å². The van der Waals surface area contributed by atoms with Crippen molar-refractivity contribution in [1.82, 2.24) is 29.2 Å². The van der Waals surface area contributed by atoms with Crippen molar-refractivity contribution in [3.8, 4) is 5.82 Å². The lowest BCUT2D eigenvalue weighted by molar-refractivity contribution is 0.136. The van der Waals surface area contributed by atoms with Crippen LogP contribution in [0.3, 0.4) is 0 Å². The van der Waals surface area contributed by atoms with Gasteiger partial charge in [-0.2, -0.15) is 10.1 Å². The molecule has 1 amide bonds. The number of anilines is 1. The van der Waals surface area contributed by atoms with Crippen molar-refractivity contribution < 1.29 is 9.90 Å². The number of hydrogen-bond donors (Lipinski definition) is 1. The molecule has 0 aromatic carbocycles. The summed E-state index contributed by atoms with van der Waals surface area (Å²) in [5.41, 5.74) is 0.567. The number of carbonyl (C=O) groups is 1. The molecule has 1 atom stereocenters. The highest BCUT2D eigenvalue weighted by Crippen LogP contribution is 2.32. The maximum absolute atomic E-state index is 13.4. The van der Waals surface area contributed by atoms with Gasteiger partial charge in [0.05, 0.1) is 16.6 Å². The zero-order valence-electron chi connectivity index (χ0n) is 18.1. The first-order valence-electron chi connectivity index (χ1n) is 10.2. The van der Waals surface area contributed by atoms with Crippen LogP contribution in [0, 0.1) is 6.92 Å². The minimum atomic E-state index is -0.973. The molecule has 4 rings (SSSR count). The number of amides is 1. The van der Waals surface area contributed by atoms with Crippen LogP contribution in [0.25, 0.3) is 16.9 Å². The molecular formula is C20H23Cl2N7O3. The third-order valence-corrected chi connectivity index (χ3v) is 6.25. The average molecular weight is 480 g/mol. The van der Waals surface area contributed by atoms with Crippen LogP contribution in [0.1, 0.15) is 32.4 Å². The number of fused-ring (bicyclic) bond motifs is 1. The van der Waals surface area contributed by atoms with E-state index in [0.717, 1.165) is 5.56 Å². The second-order valence-electron chi connectivity index (χ2n) is 8.15. The van der Waals surface area contributed by atoms with Gasteiger partial charge in [0.25, 0.3) is 0 Å². The number of carboxylic acid groups (broad SMARTS) is 1. The predicted molar refractivity (Wildman–Crippen MR) is 122 cm³/mol. The minimum Gasteiger partial charge on any atom is -0.465 e. The summed E-state index contributed by atoms with van der Waals surface area (Å²) < 4.78 is 3.14. The van der Waals surface area contributed by atoms with Crippen molar-refractivity contribution in [3.63, 3.8) is 0 Å². The third-order valence-electron chi connectivity index (χ3n) is 5.58. The fourth-order valence-corrected chi connectivity index (χ4v) is 4.32. The Morgan fingerprint density at radius 1 is 1.25 bits per heavy atom. The van der Waals surface area contributed by atoms with Gasteiger partial charge in [0.15, 0.2) is 5.65 Å². The largest absolute Gasteiger partial charge is 0.465 e. The highest BCUT2D eigenvalue weighted by atomic mass is 35.5. The Morgan fingerprint density at radius 2 is 1.97 bits per heavy atom. The lowest BCUT2D eigenvalue weighted by Crippen LogP contribution is -2.54. The van der Waals surface area contributed by atoms with Crippen molar-refractivity contribution in [2.75, 3.05) is 24.5 Å². The molecule has 1 aliphatic rings. The molecule has 0 radical (unpaired) electrons. The topological polar surface area (TPSA) is 109 Å². The molecule has 1 N–H and O–H groups in total. The van der Waals surface area contributed by atoms with Crippen molar-refractivity contribution in [2.24, 2.45) is 0 Å². The summed E-state index contributed by atoms with van der Waals surface area (Å²) in [7, 11) is 0. The number of aromatic nitrogens is 5. The molecule has 0 spiro atoms. The Morgan fingerprint density at radius 3 is 2.59 bits per heavy atom. The van der Waals surface area contributed by atoms with Crippen LogP contribution in [0.2, 0.25) is 10.2 Å². The Balaban J connectivity index is 1.97. The molecule has 3 aromatic heterocycles. The number of aryl methyl sites for hydroxylation is 1. The van der Waals surface area contributed by atoms with Gasteiger partial charge >= 0.3 is 11.8 Å². The van der Waals surface area contributed by atoms with Crippen LogP contribution in [0.4, 0.5) is 10.6 Å². The summed E-state index contributed by atoms with van der Waals surface area (Å²) >= 11 is 12.5. The maximum atomic E-state index is 13.4. The summed E-state index contributed by atoms with van der Waals surface area (Å²) in [5.74, 6) is 0.960. The van der Waals surface area contributed by atoms with Crippen LogP contribution in [0.15, 0.2) is 17.1 Å². The van der Waals surface area contributed by atoms with E-state index >= 15 is 0 Å². The molecule has 1 fully saturated rings. The van der Waals surface area contributed by atoms with Crippen LogP contribution in [-0.2, 0) is 0 Å². The number of nitrogens with zero attached hydrogens (tertiary/aromatic N) is 7. The van der Waals surface area contributed by atoms with E-state index in [2.05, 4.69) is 15.1 Å². The molecule has 1 saturated heterocycles. The van der Waals surface area contributed by atoms with Crippen LogP contribution in [0.5, 0.6) is 0 Å². The second-order valence-corrected chi connectivity index (χ2v) is 8.91. The maximum Gasteiger partial charge on any atom is 0.407 e. The van der Waals surface area contributed by atoms with Crippen LogP contribution in [-0.4, -0.2) is 66.1 Å². The van der Waals surface area contributed by atoms with Crippen molar-refractivity contribution in [3.05, 3.63) is 38.5 Å². The Labute approximate surface area is 194 Å². The SMILES string of the molecule is Cc1cnn(C(C)C)c1-n1c(=O)nc(N2CCN(C(=O)O)CC2C)c2cc(Cl)c(Cl)nc21. The summed E-state index contributed by atoms with van der Waals surface area (Å²) in [6, 6.07) is 1.43. The summed E-state index contributed by atoms with van der Waals surface area (Å²) in [4.78, 5) is 36.8. The smallest absolute Gasteiger partial charge is 0.407 e. The fourth-order valence-electron chi connectivity index (χ4n) is 4.04. The number of rotatable bonds is 3. The fraction of sp³-hybridized carbons (Fsp3) is 0.450. The predicted octanol–water partition coefficient (Wildman–Crippen LogP) is 3.36. The van der Waals surface area contributed by atoms with E-state index in [1.54, 1.807) is 16.9 Å². The van der Waals surface area contributed by atoms with E-state index < -0.39 is 11.8 Å². The first-order valence-corrected chi connectivity index (χ1v) is 10.9. The van der Waals surface area contributed by atoms with Crippen molar-refractivity contribution >= 4 is 46.1 Å². The normalized spacial score (nSPS) is 16.9. The lowest BCUT2D eigenvalue weighted by Gasteiger charge is -2.39. The van der Waals surface area contributed by atoms with Gasteiger partial charge in [-0.25, -0.2) is 23.8 Å². The molecule has 4 heterocycles. The van der Waals surface area contributed by atoms with Crippen LogP contribution >= 0.6 is 23.2 Å². The highest BCUT2D eigenvalue weighted by molar-refractivity contribution is 6.41. The highest BCUT2D eigenvalue weighted by Gasteiger charge is 2.30. The number of hydrogen-bond acceptors (Lipinski definition) is 6. The first kappa shape index (κ1) is 22.3. The van der Waals surface area contributed by atoms with Gasteiger partial charge in [0.1, 0.15) is 16.8 Å². The summed E-state index contributed by atoms with van der Waals surface area (Å²) in [6.45, 7) is 8.63. The van der Waals surface area contributed by atoms with Gasteiger partial charge in [-0.3, -0.25) is 0 Å². The summed E-state index contributed by atoms with van der Waals surface area (Å²) in [6.07, 6.45) is 0.713. The standard InChI is InChI=1S/C20H23Cl2N7O3/c1-10(2)29-18(11(3)8-23-29)28-17-13(7-14(21)15(22)24-17)16(25-19(28)30)27-6-5-26(20(31)32)9-12(27)4/h7-8,10,12H,5-6,9H2,1-4H3,(H,31,32). The number of pyridine rings is 1. The molecule has 0 saturated carbocycles. The molecule has 0 aliphatic carbocycles. The van der Waals surface area contributed by atoms with E-state index in [9.17, 15) is 14.7 Å². The monoisotopic (exact) mass is 479 g/mol. The van der Waals surface area contributed by atoms with E-state index in [1.165, 1.54) is 9.47 Å². The molecule has 1 aliphatic heterocycles. The van der Waals surface area contributed by atoms with Crippen molar-refractivity contribution in [2.45, 2.75) is 39.8 Å². The van der Waals surface area contributed by atoms with E-state index in [1.807, 2.05) is 32.6 Å². The van der Waals surface area contributed by atoms with Gasteiger partial charge < -0.3 is 14.9 Å². The minimum absolute atomic E-state index is 0.00721. The molecular weight excluding hydrogens is 457 g/mol. The van der Waals surface area contributed by atoms with E-state index in [0.29, 0.717) is 35.8 Å². The van der Waals surface area contributed by atoms with Gasteiger partial charge in [-0.15, -0.1) is 0 Å². The molecule has 3 aromatic rings. The molecule has 32 heavy (non-hydrogen) atoms. The molecule has 0 bridgehead atoms. The Hall–Kier alpha value is -2.85. The molecule has 1 unspecified atom stereocenters. The number of halogens is 2. The average Bonchev–Trinajstić information content (AvgIpc) is 3.10. The molecule has 10 nitrogen and oxygen atoms in total. The van der Waals surface area contributed by atoms with Crippen LogP contribution < -0.4 is 10.6 Å². The van der Waals surface area contributed by atoms with Gasteiger partial charge in [-0.1, -0.05) is 23.2 Å². The quantitative estimate of drug-likeness (QED) is 0.573. The van der Waals surface area contributed by atoms with E-state index in [-0.39, 0.29) is 28.8 Å². The second kappa shape index (κ2) is 8.25. The summed E-state index contributed by atoms with van der Waals surface area (Å²) in [5, 5.41) is 14.6. The Kier molecular flexibility index (Phi) is 5.76. The number of piperazine rings is 1. The third kappa shape index (κ3) is 3.67. The van der Waals surface area contributed by atoms with E-state index in [4.69, 9.17) is 23.2 Å². The Bertz CT molecular complexity index is 1270. The van der Waals surface area contributed by atoms with Gasteiger partial charge in [0.2, 0.25) is 0 Å². The lowest BCUT2D eigenvalue weighted by atomic mass is 10.1.